The molecule has 102 valence electrons. The van der Waals surface area contributed by atoms with Gasteiger partial charge in [0, 0.05) is 24.3 Å². The molecular formula is C14H18BrN3O. The van der Waals surface area contributed by atoms with Crippen molar-refractivity contribution < 1.29 is 4.74 Å². The van der Waals surface area contributed by atoms with Gasteiger partial charge in [0.15, 0.2) is 0 Å². The summed E-state index contributed by atoms with van der Waals surface area (Å²) < 4.78 is 8.25. The third-order valence-electron chi connectivity index (χ3n) is 2.75. The number of aromatic nitrogens is 2. The summed E-state index contributed by atoms with van der Waals surface area (Å²) in [5, 5.41) is 3.28. The van der Waals surface area contributed by atoms with E-state index < -0.39 is 0 Å². The Morgan fingerprint density at radius 2 is 2.05 bits per heavy atom. The molecule has 1 aromatic heterocycles. The van der Waals surface area contributed by atoms with Crippen molar-refractivity contribution in [1.82, 2.24) is 9.55 Å². The van der Waals surface area contributed by atoms with Crippen LogP contribution >= 0.6 is 15.9 Å². The van der Waals surface area contributed by atoms with Crippen molar-refractivity contribution in [3.63, 3.8) is 0 Å². The number of hydrogen-bond donors (Lipinski definition) is 1. The molecule has 0 fully saturated rings. The Balaban J connectivity index is 2.08. The summed E-state index contributed by atoms with van der Waals surface area (Å²) in [4.78, 5) is 4.48. The molecule has 0 saturated heterocycles. The van der Waals surface area contributed by atoms with Crippen LogP contribution in [0.3, 0.4) is 0 Å². The van der Waals surface area contributed by atoms with Crippen LogP contribution in [0.2, 0.25) is 0 Å². The zero-order valence-corrected chi connectivity index (χ0v) is 12.8. The molecular weight excluding hydrogens is 306 g/mol. The molecule has 0 atom stereocenters. The maximum absolute atomic E-state index is 5.04. The number of imidazole rings is 1. The maximum atomic E-state index is 5.04. The molecule has 0 aliphatic rings. The fourth-order valence-electron chi connectivity index (χ4n) is 1.86. The highest BCUT2D eigenvalue weighted by Crippen LogP contribution is 2.15. The summed E-state index contributed by atoms with van der Waals surface area (Å²) in [7, 11) is 1.70. The van der Waals surface area contributed by atoms with Crippen LogP contribution in [0, 0.1) is 6.92 Å². The zero-order chi connectivity index (χ0) is 13.7. The van der Waals surface area contributed by atoms with Crippen molar-refractivity contribution in [1.29, 1.82) is 0 Å². The highest BCUT2D eigenvalue weighted by atomic mass is 79.9. The summed E-state index contributed by atoms with van der Waals surface area (Å²) in [5.74, 6) is 0.887. The third-order valence-corrected chi connectivity index (χ3v) is 3.28. The molecule has 0 amide bonds. The van der Waals surface area contributed by atoms with Crippen LogP contribution in [0.15, 0.2) is 34.9 Å². The van der Waals surface area contributed by atoms with Crippen molar-refractivity contribution in [2.75, 3.05) is 25.6 Å². The van der Waals surface area contributed by atoms with Gasteiger partial charge in [-0.25, -0.2) is 4.98 Å². The molecule has 0 bridgehead atoms. The van der Waals surface area contributed by atoms with Gasteiger partial charge in [0.25, 0.3) is 0 Å². The van der Waals surface area contributed by atoms with Crippen molar-refractivity contribution >= 4 is 21.9 Å². The first-order valence-corrected chi connectivity index (χ1v) is 6.99. The van der Waals surface area contributed by atoms with E-state index in [9.17, 15) is 0 Å². The van der Waals surface area contributed by atoms with Crippen LogP contribution in [0.25, 0.3) is 0 Å². The van der Waals surface area contributed by atoms with Crippen LogP contribution in [0.1, 0.15) is 11.3 Å². The molecule has 0 radical (unpaired) electrons. The molecule has 0 saturated carbocycles. The fraction of sp³-hybridized carbons (Fsp3) is 0.357. The molecule has 1 aromatic carbocycles. The van der Waals surface area contributed by atoms with E-state index in [0.29, 0.717) is 6.61 Å². The van der Waals surface area contributed by atoms with Gasteiger partial charge in [-0.1, -0.05) is 28.1 Å². The summed E-state index contributed by atoms with van der Waals surface area (Å²) in [6.07, 6.45) is 2.05. The molecule has 0 unspecified atom stereocenters. The predicted molar refractivity (Wildman–Crippen MR) is 80.6 cm³/mol. The number of rotatable bonds is 6. The Hall–Kier alpha value is -1.33. The molecule has 19 heavy (non-hydrogen) atoms. The highest BCUT2D eigenvalue weighted by molar-refractivity contribution is 9.10. The van der Waals surface area contributed by atoms with Crippen molar-refractivity contribution in [3.8, 4) is 0 Å². The zero-order valence-electron chi connectivity index (χ0n) is 11.2. The van der Waals surface area contributed by atoms with Crippen molar-refractivity contribution in [3.05, 3.63) is 46.2 Å². The molecule has 2 rings (SSSR count). The van der Waals surface area contributed by atoms with Crippen LogP contribution in [-0.2, 0) is 11.3 Å². The molecule has 4 nitrogen and oxygen atoms in total. The van der Waals surface area contributed by atoms with E-state index in [1.54, 1.807) is 7.11 Å². The predicted octanol–water partition coefficient (Wildman–Crippen LogP) is 3.06. The smallest absolute Gasteiger partial charge is 0.203 e. The lowest BCUT2D eigenvalue weighted by Gasteiger charge is -2.09. The van der Waals surface area contributed by atoms with Crippen LogP contribution in [0.4, 0.5) is 5.95 Å². The van der Waals surface area contributed by atoms with Gasteiger partial charge >= 0.3 is 0 Å². The summed E-state index contributed by atoms with van der Waals surface area (Å²) >= 11 is 3.45. The van der Waals surface area contributed by atoms with Gasteiger partial charge in [-0.2, -0.15) is 0 Å². The first-order valence-electron chi connectivity index (χ1n) is 6.20. The largest absolute Gasteiger partial charge is 0.383 e. The lowest BCUT2D eigenvalue weighted by Crippen LogP contribution is -2.12. The van der Waals surface area contributed by atoms with E-state index in [4.69, 9.17) is 4.74 Å². The van der Waals surface area contributed by atoms with E-state index in [0.717, 1.165) is 29.2 Å². The standard InChI is InChI=1S/C14H18BrN3O/c1-11-9-18(14(17-11)16-7-8-19-2)10-12-3-5-13(15)6-4-12/h3-6,9H,7-8,10H2,1-2H3,(H,16,17). The fourth-order valence-corrected chi connectivity index (χ4v) is 2.12. The molecule has 0 aliphatic carbocycles. The van der Waals surface area contributed by atoms with Gasteiger partial charge in [-0.15, -0.1) is 0 Å². The lowest BCUT2D eigenvalue weighted by molar-refractivity contribution is 0.210. The Morgan fingerprint density at radius 1 is 1.32 bits per heavy atom. The number of aryl methyl sites for hydroxylation is 1. The topological polar surface area (TPSA) is 39.1 Å². The van der Waals surface area contributed by atoms with E-state index in [2.05, 4.69) is 61.3 Å². The van der Waals surface area contributed by atoms with Gasteiger partial charge in [0.05, 0.1) is 18.8 Å². The van der Waals surface area contributed by atoms with Gasteiger partial charge < -0.3 is 14.6 Å². The Kier molecular flexibility index (Phi) is 4.99. The number of nitrogens with zero attached hydrogens (tertiary/aromatic N) is 2. The molecule has 1 heterocycles. The summed E-state index contributed by atoms with van der Waals surface area (Å²) in [6.45, 7) is 4.24. The molecule has 0 spiro atoms. The highest BCUT2D eigenvalue weighted by Gasteiger charge is 2.05. The second-order valence-corrected chi connectivity index (χ2v) is 5.30. The quantitative estimate of drug-likeness (QED) is 0.830. The van der Waals surface area contributed by atoms with E-state index in [1.807, 2.05) is 6.92 Å². The minimum atomic E-state index is 0.671. The minimum absolute atomic E-state index is 0.671. The minimum Gasteiger partial charge on any atom is -0.383 e. The first-order chi connectivity index (χ1) is 9.19. The Labute approximate surface area is 121 Å². The van der Waals surface area contributed by atoms with E-state index in [-0.39, 0.29) is 0 Å². The molecule has 5 heteroatoms. The number of methoxy groups -OCH3 is 1. The number of halogens is 1. The average molecular weight is 324 g/mol. The molecule has 2 aromatic rings. The number of nitrogens with one attached hydrogen (secondary N) is 1. The number of hydrogen-bond acceptors (Lipinski definition) is 3. The van der Waals surface area contributed by atoms with Crippen molar-refractivity contribution in [2.45, 2.75) is 13.5 Å². The number of ether oxygens (including phenoxy) is 1. The van der Waals surface area contributed by atoms with Gasteiger partial charge in [0.2, 0.25) is 5.95 Å². The number of anilines is 1. The average Bonchev–Trinajstić information content (AvgIpc) is 2.73. The third kappa shape index (κ3) is 4.08. The SMILES string of the molecule is COCCNc1nc(C)cn1Cc1ccc(Br)cc1. The normalized spacial score (nSPS) is 10.7. The summed E-state index contributed by atoms with van der Waals surface area (Å²) in [5.41, 5.74) is 2.26. The van der Waals surface area contributed by atoms with Crippen molar-refractivity contribution in [2.24, 2.45) is 0 Å². The molecule has 1 N–H and O–H groups in total. The Morgan fingerprint density at radius 3 is 2.74 bits per heavy atom. The van der Waals surface area contributed by atoms with Gasteiger partial charge in [0.1, 0.15) is 0 Å². The second-order valence-electron chi connectivity index (χ2n) is 4.38. The first kappa shape index (κ1) is 14.1. The van der Waals surface area contributed by atoms with Crippen LogP contribution < -0.4 is 5.32 Å². The summed E-state index contributed by atoms with van der Waals surface area (Å²) in [6, 6.07) is 8.32. The maximum Gasteiger partial charge on any atom is 0.203 e. The number of benzene rings is 1. The molecule has 0 aliphatic heterocycles. The lowest BCUT2D eigenvalue weighted by atomic mass is 10.2. The second kappa shape index (κ2) is 6.73. The van der Waals surface area contributed by atoms with Gasteiger partial charge in [-0.05, 0) is 24.6 Å². The van der Waals surface area contributed by atoms with Crippen LogP contribution in [-0.4, -0.2) is 29.8 Å². The Bertz CT molecular complexity index is 522. The van der Waals surface area contributed by atoms with Crippen LogP contribution in [0.5, 0.6) is 0 Å². The van der Waals surface area contributed by atoms with E-state index in [1.165, 1.54) is 5.56 Å². The monoisotopic (exact) mass is 323 g/mol. The van der Waals surface area contributed by atoms with Gasteiger partial charge in [-0.3, -0.25) is 0 Å². The van der Waals surface area contributed by atoms with E-state index >= 15 is 0 Å².